The van der Waals surface area contributed by atoms with Crippen molar-refractivity contribution in [3.05, 3.63) is 11.4 Å². The highest BCUT2D eigenvalue weighted by Gasteiger charge is 2.26. The van der Waals surface area contributed by atoms with Gasteiger partial charge >= 0.3 is 0 Å². The van der Waals surface area contributed by atoms with E-state index in [-0.39, 0.29) is 0 Å². The summed E-state index contributed by atoms with van der Waals surface area (Å²) in [5, 5.41) is 9.74. The fourth-order valence-corrected chi connectivity index (χ4v) is 3.05. The van der Waals surface area contributed by atoms with Crippen molar-refractivity contribution in [1.29, 1.82) is 0 Å². The second-order valence-corrected chi connectivity index (χ2v) is 5.60. The van der Waals surface area contributed by atoms with Crippen LogP contribution in [0.4, 0.5) is 11.8 Å². The van der Waals surface area contributed by atoms with Crippen molar-refractivity contribution in [2.75, 3.05) is 17.7 Å². The third-order valence-corrected chi connectivity index (χ3v) is 4.07. The summed E-state index contributed by atoms with van der Waals surface area (Å²) < 4.78 is 0. The van der Waals surface area contributed by atoms with Crippen LogP contribution in [0.2, 0.25) is 0 Å². The van der Waals surface area contributed by atoms with Crippen molar-refractivity contribution in [3.8, 4) is 0 Å². The van der Waals surface area contributed by atoms with Gasteiger partial charge in [0.05, 0.1) is 5.39 Å². The van der Waals surface area contributed by atoms with Crippen molar-refractivity contribution < 1.29 is 0 Å². The summed E-state index contributed by atoms with van der Waals surface area (Å²) in [4.78, 5) is 9.99. The molecule has 0 unspecified atom stereocenters. The van der Waals surface area contributed by atoms with Gasteiger partial charge in [-0.3, -0.25) is 0 Å². The number of nitrogens with zero attached hydrogens (tertiary/aromatic N) is 2. The Labute approximate surface area is 104 Å². The first-order valence-electron chi connectivity index (χ1n) is 5.96. The van der Waals surface area contributed by atoms with E-state index in [9.17, 15) is 0 Å². The maximum Gasteiger partial charge on any atom is 0.225 e. The number of anilines is 2. The zero-order chi connectivity index (χ0) is 11.8. The first-order chi connectivity index (χ1) is 8.26. The van der Waals surface area contributed by atoms with Crippen molar-refractivity contribution in [3.63, 3.8) is 0 Å². The minimum atomic E-state index is 0.577. The summed E-state index contributed by atoms with van der Waals surface area (Å²) in [5.74, 6) is 2.50. The van der Waals surface area contributed by atoms with E-state index in [1.54, 1.807) is 11.3 Å². The van der Waals surface area contributed by atoms with Crippen LogP contribution in [0.25, 0.3) is 10.2 Å². The highest BCUT2D eigenvalue weighted by atomic mass is 32.1. The number of hydrogen-bond donors (Lipinski definition) is 2. The lowest BCUT2D eigenvalue weighted by atomic mass is 9.82. The minimum Gasteiger partial charge on any atom is -0.367 e. The van der Waals surface area contributed by atoms with Crippen molar-refractivity contribution >= 4 is 33.3 Å². The van der Waals surface area contributed by atoms with Gasteiger partial charge in [0.15, 0.2) is 0 Å². The van der Waals surface area contributed by atoms with Gasteiger partial charge in [-0.1, -0.05) is 6.92 Å². The molecule has 1 fully saturated rings. The van der Waals surface area contributed by atoms with Gasteiger partial charge in [0, 0.05) is 13.1 Å². The molecule has 0 saturated heterocycles. The quantitative estimate of drug-likeness (QED) is 0.877. The van der Waals surface area contributed by atoms with E-state index in [4.69, 9.17) is 0 Å². The first-order valence-corrected chi connectivity index (χ1v) is 6.83. The summed E-state index contributed by atoms with van der Waals surface area (Å²) in [6.07, 6.45) is 2.48. The third-order valence-electron chi connectivity index (χ3n) is 3.26. The van der Waals surface area contributed by atoms with E-state index in [1.165, 1.54) is 12.8 Å². The number of nitrogens with one attached hydrogen (secondary N) is 2. The summed E-state index contributed by atoms with van der Waals surface area (Å²) in [7, 11) is 1.85. The van der Waals surface area contributed by atoms with Gasteiger partial charge in [0.1, 0.15) is 10.6 Å². The van der Waals surface area contributed by atoms with Gasteiger partial charge in [-0.15, -0.1) is 11.3 Å². The molecule has 3 rings (SSSR count). The Morgan fingerprint density at radius 3 is 2.88 bits per heavy atom. The maximum atomic E-state index is 4.51. The Bertz CT molecular complexity index is 530. The molecule has 0 aliphatic heterocycles. The fourth-order valence-electron chi connectivity index (χ4n) is 2.29. The molecule has 0 amide bonds. The van der Waals surface area contributed by atoms with Crippen LogP contribution in [0, 0.1) is 5.92 Å². The van der Waals surface area contributed by atoms with Gasteiger partial charge in [-0.25, -0.2) is 4.98 Å². The summed E-state index contributed by atoms with van der Waals surface area (Å²) in [5.41, 5.74) is 0. The lowest BCUT2D eigenvalue weighted by molar-refractivity contribution is 0.309. The normalized spacial score (nSPS) is 23.4. The standard InChI is InChI=1S/C12H16N4S/c1-7-5-8(6-7)14-10-9-3-4-17-11(9)16-12(13-2)15-10/h3-4,7-8H,5-6H2,1-2H3,(H2,13,14,15,16). The lowest BCUT2D eigenvalue weighted by Gasteiger charge is -2.33. The van der Waals surface area contributed by atoms with Crippen LogP contribution in [0.5, 0.6) is 0 Å². The second kappa shape index (κ2) is 4.14. The van der Waals surface area contributed by atoms with Crippen LogP contribution in [-0.4, -0.2) is 23.1 Å². The van der Waals surface area contributed by atoms with Crippen LogP contribution >= 0.6 is 11.3 Å². The predicted molar refractivity (Wildman–Crippen MR) is 72.8 cm³/mol. The SMILES string of the molecule is CNc1nc(NC2CC(C)C2)c2ccsc2n1. The van der Waals surface area contributed by atoms with Crippen molar-refractivity contribution in [2.24, 2.45) is 5.92 Å². The van der Waals surface area contributed by atoms with Crippen molar-refractivity contribution in [1.82, 2.24) is 9.97 Å². The molecule has 90 valence electrons. The number of fused-ring (bicyclic) bond motifs is 1. The molecule has 0 atom stereocenters. The van der Waals surface area contributed by atoms with E-state index in [0.29, 0.717) is 12.0 Å². The molecular weight excluding hydrogens is 232 g/mol. The molecule has 2 aromatic rings. The van der Waals surface area contributed by atoms with E-state index in [1.807, 2.05) is 7.05 Å². The summed E-state index contributed by atoms with van der Waals surface area (Å²) >= 11 is 1.65. The molecule has 0 radical (unpaired) electrons. The van der Waals surface area contributed by atoms with Crippen molar-refractivity contribution in [2.45, 2.75) is 25.8 Å². The molecular formula is C12H16N4S. The van der Waals surface area contributed by atoms with E-state index < -0.39 is 0 Å². The molecule has 5 heteroatoms. The molecule has 1 aliphatic carbocycles. The lowest BCUT2D eigenvalue weighted by Crippen LogP contribution is -2.34. The monoisotopic (exact) mass is 248 g/mol. The molecule has 0 aromatic carbocycles. The number of hydrogen-bond acceptors (Lipinski definition) is 5. The van der Waals surface area contributed by atoms with Gasteiger partial charge < -0.3 is 10.6 Å². The van der Waals surface area contributed by atoms with Crippen LogP contribution in [0.3, 0.4) is 0 Å². The van der Waals surface area contributed by atoms with Gasteiger partial charge in [0.2, 0.25) is 5.95 Å². The van der Waals surface area contributed by atoms with Crippen LogP contribution in [0.15, 0.2) is 11.4 Å². The molecule has 1 aliphatic rings. The average molecular weight is 248 g/mol. The van der Waals surface area contributed by atoms with E-state index in [0.717, 1.165) is 22.0 Å². The number of aromatic nitrogens is 2. The Morgan fingerprint density at radius 1 is 1.35 bits per heavy atom. The average Bonchev–Trinajstić information content (AvgIpc) is 2.74. The maximum absolute atomic E-state index is 4.51. The topological polar surface area (TPSA) is 49.8 Å². The predicted octanol–water partition coefficient (Wildman–Crippen LogP) is 2.94. The zero-order valence-corrected chi connectivity index (χ0v) is 10.8. The number of thiophene rings is 1. The second-order valence-electron chi connectivity index (χ2n) is 4.70. The smallest absolute Gasteiger partial charge is 0.225 e. The minimum absolute atomic E-state index is 0.577. The highest BCUT2D eigenvalue weighted by molar-refractivity contribution is 7.16. The van der Waals surface area contributed by atoms with Gasteiger partial charge in [-0.05, 0) is 30.2 Å². The zero-order valence-electron chi connectivity index (χ0n) is 10.0. The molecule has 0 spiro atoms. The van der Waals surface area contributed by atoms with E-state index >= 15 is 0 Å². The fraction of sp³-hybridized carbons (Fsp3) is 0.500. The molecule has 2 heterocycles. The van der Waals surface area contributed by atoms with Crippen LogP contribution < -0.4 is 10.6 Å². The Balaban J connectivity index is 1.93. The molecule has 2 N–H and O–H groups in total. The molecule has 2 aromatic heterocycles. The van der Waals surface area contributed by atoms with Crippen LogP contribution in [0.1, 0.15) is 19.8 Å². The van der Waals surface area contributed by atoms with Crippen LogP contribution in [-0.2, 0) is 0 Å². The Kier molecular flexibility index (Phi) is 2.63. The van der Waals surface area contributed by atoms with Gasteiger partial charge in [-0.2, -0.15) is 4.98 Å². The number of rotatable bonds is 3. The van der Waals surface area contributed by atoms with Gasteiger partial charge in [0.25, 0.3) is 0 Å². The third kappa shape index (κ3) is 1.95. The molecule has 4 nitrogen and oxygen atoms in total. The Hall–Kier alpha value is -1.36. The first kappa shape index (κ1) is 10.8. The molecule has 0 bridgehead atoms. The summed E-state index contributed by atoms with van der Waals surface area (Å²) in [6.45, 7) is 2.29. The highest BCUT2D eigenvalue weighted by Crippen LogP contribution is 2.32. The molecule has 17 heavy (non-hydrogen) atoms. The Morgan fingerprint density at radius 2 is 2.18 bits per heavy atom. The van der Waals surface area contributed by atoms with E-state index in [2.05, 4.69) is 39.0 Å². The summed E-state index contributed by atoms with van der Waals surface area (Å²) in [6, 6.07) is 2.66. The largest absolute Gasteiger partial charge is 0.367 e. The molecule has 1 saturated carbocycles.